The van der Waals surface area contributed by atoms with E-state index in [1.54, 1.807) is 18.7 Å². The number of aromatic nitrogens is 5. The van der Waals surface area contributed by atoms with Gasteiger partial charge in [0.25, 0.3) is 0 Å². The van der Waals surface area contributed by atoms with Gasteiger partial charge in [0.2, 0.25) is 11.0 Å². The highest BCUT2D eigenvalue weighted by Gasteiger charge is 2.10. The summed E-state index contributed by atoms with van der Waals surface area (Å²) in [5.74, 6) is 0.586. The first-order valence-corrected chi connectivity index (χ1v) is 8.71. The molecule has 0 radical (unpaired) electrons. The maximum atomic E-state index is 5.36. The van der Waals surface area contributed by atoms with Gasteiger partial charge in [-0.05, 0) is 30.3 Å². The molecule has 0 saturated heterocycles. The number of anilines is 2. The Morgan fingerprint density at radius 3 is 2.92 bits per heavy atom. The van der Waals surface area contributed by atoms with Gasteiger partial charge in [-0.25, -0.2) is 4.98 Å². The first-order valence-electron chi connectivity index (χ1n) is 7.89. The van der Waals surface area contributed by atoms with E-state index in [0.717, 1.165) is 37.9 Å². The van der Waals surface area contributed by atoms with Gasteiger partial charge < -0.3 is 9.73 Å². The highest BCUT2D eigenvalue weighted by atomic mass is 32.1. The van der Waals surface area contributed by atoms with Crippen LogP contribution in [0.3, 0.4) is 0 Å². The van der Waals surface area contributed by atoms with Crippen LogP contribution in [0.1, 0.15) is 0 Å². The Kier molecular flexibility index (Phi) is 3.46. The van der Waals surface area contributed by atoms with Gasteiger partial charge in [0, 0.05) is 22.2 Å². The molecule has 0 atom stereocenters. The Labute approximate surface area is 151 Å². The van der Waals surface area contributed by atoms with Crippen molar-refractivity contribution in [3.05, 3.63) is 61.1 Å². The number of fused-ring (bicyclic) bond motifs is 1. The maximum Gasteiger partial charge on any atom is 0.225 e. The Bertz CT molecular complexity index is 1180. The quantitative estimate of drug-likeness (QED) is 0.491. The van der Waals surface area contributed by atoms with Crippen LogP contribution in [0, 0.1) is 0 Å². The van der Waals surface area contributed by atoms with Crippen molar-refractivity contribution in [1.29, 1.82) is 0 Å². The average Bonchev–Trinajstić information content (AvgIpc) is 3.43. The molecule has 126 valence electrons. The summed E-state index contributed by atoms with van der Waals surface area (Å²) in [5.41, 5.74) is 3.81. The molecule has 0 aliphatic heterocycles. The zero-order valence-corrected chi connectivity index (χ0v) is 14.2. The minimum absolute atomic E-state index is 0.586. The zero-order valence-electron chi connectivity index (χ0n) is 13.4. The molecule has 0 aliphatic carbocycles. The molecule has 26 heavy (non-hydrogen) atoms. The normalized spacial score (nSPS) is 11.1. The summed E-state index contributed by atoms with van der Waals surface area (Å²) in [6.07, 6.45) is 4.98. The lowest BCUT2D eigenvalue weighted by Crippen LogP contribution is -1.88. The lowest BCUT2D eigenvalue weighted by atomic mass is 10.1. The largest absolute Gasteiger partial charge is 0.445 e. The van der Waals surface area contributed by atoms with Crippen LogP contribution >= 0.6 is 11.3 Å². The molecule has 5 aromatic rings. The van der Waals surface area contributed by atoms with E-state index in [0.29, 0.717) is 5.89 Å². The van der Waals surface area contributed by atoms with Gasteiger partial charge in [0.1, 0.15) is 11.3 Å². The molecule has 0 bridgehead atoms. The molecule has 3 aromatic heterocycles. The van der Waals surface area contributed by atoms with E-state index in [9.17, 15) is 0 Å². The highest BCUT2D eigenvalue weighted by Crippen LogP contribution is 2.31. The molecule has 2 aromatic carbocycles. The van der Waals surface area contributed by atoms with Crippen molar-refractivity contribution in [2.45, 2.75) is 0 Å². The van der Waals surface area contributed by atoms with Crippen LogP contribution in [0.4, 0.5) is 10.8 Å². The van der Waals surface area contributed by atoms with Gasteiger partial charge >= 0.3 is 0 Å². The van der Waals surface area contributed by atoms with Crippen LogP contribution < -0.4 is 5.32 Å². The SMILES string of the molecule is c1cc(-c2ncco2)cc(-c2nnc(Nc3ccc4[nH]ncc4c3)s2)c1. The molecule has 7 nitrogen and oxygen atoms in total. The van der Waals surface area contributed by atoms with Gasteiger partial charge in [0.15, 0.2) is 0 Å². The summed E-state index contributed by atoms with van der Waals surface area (Å²) in [6, 6.07) is 13.9. The summed E-state index contributed by atoms with van der Waals surface area (Å²) >= 11 is 1.49. The Morgan fingerprint density at radius 2 is 2.00 bits per heavy atom. The molecule has 8 heteroatoms. The fourth-order valence-electron chi connectivity index (χ4n) is 2.69. The first-order chi connectivity index (χ1) is 12.8. The summed E-state index contributed by atoms with van der Waals surface area (Å²) in [6.45, 7) is 0. The summed E-state index contributed by atoms with van der Waals surface area (Å²) in [5, 5.41) is 21.4. The van der Waals surface area contributed by atoms with E-state index < -0.39 is 0 Å². The Morgan fingerprint density at radius 1 is 1.04 bits per heavy atom. The number of hydrogen-bond acceptors (Lipinski definition) is 7. The van der Waals surface area contributed by atoms with Crippen molar-refractivity contribution >= 4 is 33.1 Å². The fraction of sp³-hybridized carbons (Fsp3) is 0. The zero-order chi connectivity index (χ0) is 17.3. The van der Waals surface area contributed by atoms with E-state index in [-0.39, 0.29) is 0 Å². The van der Waals surface area contributed by atoms with Crippen LogP contribution in [0.25, 0.3) is 32.9 Å². The van der Waals surface area contributed by atoms with Crippen molar-refractivity contribution in [1.82, 2.24) is 25.4 Å². The summed E-state index contributed by atoms with van der Waals surface area (Å²) in [7, 11) is 0. The standard InChI is InChI=1S/C18H12N6OS/c1-2-11(16-19-6-7-25-16)8-12(3-1)17-23-24-18(26-17)21-14-4-5-15-13(9-14)10-20-22-15/h1-10H,(H,20,22)(H,21,24). The fourth-order valence-corrected chi connectivity index (χ4v) is 3.45. The topological polar surface area (TPSA) is 92.5 Å². The molecule has 0 amide bonds. The van der Waals surface area contributed by atoms with Gasteiger partial charge in [-0.2, -0.15) is 5.10 Å². The van der Waals surface area contributed by atoms with E-state index >= 15 is 0 Å². The molecule has 5 rings (SSSR count). The average molecular weight is 360 g/mol. The second-order valence-electron chi connectivity index (χ2n) is 5.63. The number of oxazole rings is 1. The number of aromatic amines is 1. The predicted octanol–water partition coefficient (Wildman–Crippen LogP) is 4.48. The number of benzene rings is 2. The third-order valence-corrected chi connectivity index (χ3v) is 4.79. The van der Waals surface area contributed by atoms with Gasteiger partial charge in [0.05, 0.1) is 17.9 Å². The van der Waals surface area contributed by atoms with Crippen LogP contribution in [0.15, 0.2) is 65.5 Å². The number of nitrogens with zero attached hydrogens (tertiary/aromatic N) is 4. The van der Waals surface area contributed by atoms with E-state index in [2.05, 4.69) is 30.7 Å². The molecule has 3 heterocycles. The number of hydrogen-bond donors (Lipinski definition) is 2. The smallest absolute Gasteiger partial charge is 0.225 e. The van der Waals surface area contributed by atoms with Gasteiger partial charge in [-0.15, -0.1) is 10.2 Å². The van der Waals surface area contributed by atoms with Crippen molar-refractivity contribution in [3.8, 4) is 22.0 Å². The number of nitrogens with one attached hydrogen (secondary N) is 2. The van der Waals surface area contributed by atoms with Crippen LogP contribution in [-0.4, -0.2) is 25.4 Å². The lowest BCUT2D eigenvalue weighted by Gasteiger charge is -2.01. The van der Waals surface area contributed by atoms with Crippen molar-refractivity contribution in [3.63, 3.8) is 0 Å². The molecule has 0 fully saturated rings. The molecule has 0 saturated carbocycles. The molecule has 0 spiro atoms. The molecule has 0 aliphatic rings. The lowest BCUT2D eigenvalue weighted by molar-refractivity contribution is 0.574. The second kappa shape index (κ2) is 6.08. The molecule has 0 unspecified atom stereocenters. The van der Waals surface area contributed by atoms with Crippen molar-refractivity contribution in [2.24, 2.45) is 0 Å². The monoisotopic (exact) mass is 360 g/mol. The van der Waals surface area contributed by atoms with Crippen LogP contribution in [0.5, 0.6) is 0 Å². The molecular formula is C18H12N6OS. The number of rotatable bonds is 4. The Balaban J connectivity index is 1.42. The minimum atomic E-state index is 0.586. The third-order valence-electron chi connectivity index (χ3n) is 3.91. The Hall–Kier alpha value is -3.52. The maximum absolute atomic E-state index is 5.36. The van der Waals surface area contributed by atoms with E-state index in [4.69, 9.17) is 4.42 Å². The van der Waals surface area contributed by atoms with E-state index in [1.807, 2.05) is 42.5 Å². The summed E-state index contributed by atoms with van der Waals surface area (Å²) < 4.78 is 5.36. The van der Waals surface area contributed by atoms with Crippen molar-refractivity contribution < 1.29 is 4.42 Å². The minimum Gasteiger partial charge on any atom is -0.445 e. The highest BCUT2D eigenvalue weighted by molar-refractivity contribution is 7.18. The van der Waals surface area contributed by atoms with Gasteiger partial charge in [-0.1, -0.05) is 23.5 Å². The second-order valence-corrected chi connectivity index (χ2v) is 6.60. The van der Waals surface area contributed by atoms with Crippen LogP contribution in [0.2, 0.25) is 0 Å². The van der Waals surface area contributed by atoms with Gasteiger partial charge in [-0.3, -0.25) is 5.10 Å². The number of H-pyrrole nitrogens is 1. The summed E-state index contributed by atoms with van der Waals surface area (Å²) in [4.78, 5) is 4.18. The predicted molar refractivity (Wildman–Crippen MR) is 100 cm³/mol. The van der Waals surface area contributed by atoms with Crippen molar-refractivity contribution in [2.75, 3.05) is 5.32 Å². The first kappa shape index (κ1) is 14.8. The molecule has 2 N–H and O–H groups in total. The third kappa shape index (κ3) is 2.72. The van der Waals surface area contributed by atoms with E-state index in [1.165, 1.54) is 11.3 Å². The van der Waals surface area contributed by atoms with Crippen LogP contribution in [-0.2, 0) is 0 Å². The molecular weight excluding hydrogens is 348 g/mol.